The Morgan fingerprint density at radius 2 is 2.08 bits per heavy atom. The molecule has 36 heavy (non-hydrogen) atoms. The number of aliphatic hydroxyl groups is 1. The van der Waals surface area contributed by atoms with Gasteiger partial charge >= 0.3 is 5.97 Å². The van der Waals surface area contributed by atoms with E-state index in [9.17, 15) is 14.3 Å². The number of nitrogens with zero attached hydrogens (tertiary/aromatic N) is 1. The standard InChI is InChI=1S/C30H40FNO4/c1-4-35-30(34)14-8-6-11-25-10-5-7-13-28(25)23(3)36-21-27(33)20-32-17-9-12-26(32)18-24-16-15-22(2)29(31)19-24/h5-7,10-11,13,15-16,19,23,26-27,33H,4,8-9,12,14,17-18,20-21H2,1-3H3/t23-,26+,27-/m1/s1. The largest absolute Gasteiger partial charge is 0.466 e. The minimum Gasteiger partial charge on any atom is -0.466 e. The lowest BCUT2D eigenvalue weighted by molar-refractivity contribution is -0.142. The minimum absolute atomic E-state index is 0.159. The summed E-state index contributed by atoms with van der Waals surface area (Å²) in [7, 11) is 0. The molecule has 1 fully saturated rings. The summed E-state index contributed by atoms with van der Waals surface area (Å²) in [5, 5.41) is 10.7. The van der Waals surface area contributed by atoms with Crippen LogP contribution >= 0.6 is 0 Å². The highest BCUT2D eigenvalue weighted by atomic mass is 19.1. The Kier molecular flexibility index (Phi) is 11.1. The third kappa shape index (κ3) is 8.54. The van der Waals surface area contributed by atoms with Gasteiger partial charge in [-0.15, -0.1) is 0 Å². The molecular weight excluding hydrogens is 457 g/mol. The molecule has 0 bridgehead atoms. The average molecular weight is 498 g/mol. The molecule has 0 radical (unpaired) electrons. The Labute approximate surface area is 214 Å². The van der Waals surface area contributed by atoms with Gasteiger partial charge in [-0.1, -0.05) is 48.6 Å². The summed E-state index contributed by atoms with van der Waals surface area (Å²) in [4.78, 5) is 13.8. The molecule has 0 amide bonds. The van der Waals surface area contributed by atoms with Gasteiger partial charge in [-0.3, -0.25) is 9.69 Å². The van der Waals surface area contributed by atoms with Gasteiger partial charge in [0, 0.05) is 19.0 Å². The topological polar surface area (TPSA) is 59.0 Å². The number of likely N-dealkylation sites (tertiary alicyclic amines) is 1. The highest BCUT2D eigenvalue weighted by Crippen LogP contribution is 2.25. The van der Waals surface area contributed by atoms with Crippen molar-refractivity contribution in [2.24, 2.45) is 0 Å². The monoisotopic (exact) mass is 497 g/mol. The summed E-state index contributed by atoms with van der Waals surface area (Å²) in [5.74, 6) is -0.346. The number of aliphatic hydroxyl groups excluding tert-OH is 1. The van der Waals surface area contributed by atoms with Crippen molar-refractivity contribution in [2.45, 2.75) is 71.1 Å². The lowest BCUT2D eigenvalue weighted by atomic mass is 10.0. The molecule has 1 aliphatic rings. The summed E-state index contributed by atoms with van der Waals surface area (Å²) in [6.07, 6.45) is 7.10. The van der Waals surface area contributed by atoms with Gasteiger partial charge in [0.15, 0.2) is 0 Å². The molecule has 2 aromatic rings. The lowest BCUT2D eigenvalue weighted by Crippen LogP contribution is -2.39. The first-order valence-corrected chi connectivity index (χ1v) is 13.1. The quantitative estimate of drug-likeness (QED) is 0.363. The lowest BCUT2D eigenvalue weighted by Gasteiger charge is -2.27. The van der Waals surface area contributed by atoms with Crippen molar-refractivity contribution < 1.29 is 23.8 Å². The molecule has 0 spiro atoms. The van der Waals surface area contributed by atoms with Gasteiger partial charge in [0.2, 0.25) is 0 Å². The van der Waals surface area contributed by atoms with Crippen LogP contribution in [0, 0.1) is 12.7 Å². The molecule has 0 aromatic heterocycles. The summed E-state index contributed by atoms with van der Waals surface area (Å²) >= 11 is 0. The number of ether oxygens (including phenoxy) is 2. The third-order valence-corrected chi connectivity index (χ3v) is 6.74. The molecule has 3 rings (SSSR count). The predicted molar refractivity (Wildman–Crippen MR) is 141 cm³/mol. The molecule has 0 saturated carbocycles. The highest BCUT2D eigenvalue weighted by Gasteiger charge is 2.27. The third-order valence-electron chi connectivity index (χ3n) is 6.74. The van der Waals surface area contributed by atoms with Crippen molar-refractivity contribution >= 4 is 12.0 Å². The fourth-order valence-electron chi connectivity index (χ4n) is 4.75. The second kappa shape index (κ2) is 14.3. The van der Waals surface area contributed by atoms with Crippen LogP contribution in [0.5, 0.6) is 0 Å². The van der Waals surface area contributed by atoms with Gasteiger partial charge in [0.05, 0.1) is 25.4 Å². The molecule has 2 aromatic carbocycles. The van der Waals surface area contributed by atoms with Crippen LogP contribution in [0.15, 0.2) is 48.5 Å². The molecule has 1 aliphatic heterocycles. The molecule has 3 atom stereocenters. The van der Waals surface area contributed by atoms with Crippen LogP contribution in [0.25, 0.3) is 6.08 Å². The number of aryl methyl sites for hydroxylation is 1. The van der Waals surface area contributed by atoms with E-state index in [0.29, 0.717) is 37.6 Å². The van der Waals surface area contributed by atoms with Gasteiger partial charge in [-0.2, -0.15) is 0 Å². The minimum atomic E-state index is -0.602. The van der Waals surface area contributed by atoms with Crippen molar-refractivity contribution in [1.29, 1.82) is 0 Å². The first-order valence-electron chi connectivity index (χ1n) is 13.1. The Hall–Kier alpha value is -2.54. The molecule has 6 heteroatoms. The van der Waals surface area contributed by atoms with Gasteiger partial charge in [0.1, 0.15) is 5.82 Å². The van der Waals surface area contributed by atoms with Crippen molar-refractivity contribution in [2.75, 3.05) is 26.3 Å². The predicted octanol–water partition coefficient (Wildman–Crippen LogP) is 5.64. The number of hydrogen-bond acceptors (Lipinski definition) is 5. The number of β-amino-alcohol motifs (C(OH)–C–C–N with tert-alkyl or cyclic N) is 1. The number of halogens is 1. The molecule has 0 unspecified atom stereocenters. The molecule has 5 nitrogen and oxygen atoms in total. The zero-order valence-electron chi connectivity index (χ0n) is 21.8. The Balaban J connectivity index is 1.49. The Bertz CT molecular complexity index is 1010. The van der Waals surface area contributed by atoms with Crippen LogP contribution in [0.2, 0.25) is 0 Å². The zero-order valence-corrected chi connectivity index (χ0v) is 21.8. The van der Waals surface area contributed by atoms with E-state index in [1.807, 2.05) is 55.5 Å². The van der Waals surface area contributed by atoms with Crippen molar-refractivity contribution in [1.82, 2.24) is 4.90 Å². The number of benzene rings is 2. The molecule has 0 aliphatic carbocycles. The normalized spacial score (nSPS) is 18.0. The maximum atomic E-state index is 14.0. The van der Waals surface area contributed by atoms with E-state index in [4.69, 9.17) is 9.47 Å². The van der Waals surface area contributed by atoms with Gasteiger partial charge in [-0.25, -0.2) is 4.39 Å². The van der Waals surface area contributed by atoms with Crippen molar-refractivity contribution in [3.63, 3.8) is 0 Å². The fraction of sp³-hybridized carbons (Fsp3) is 0.500. The van der Waals surface area contributed by atoms with Crippen molar-refractivity contribution in [3.8, 4) is 0 Å². The Morgan fingerprint density at radius 3 is 2.86 bits per heavy atom. The van der Waals surface area contributed by atoms with E-state index in [1.54, 1.807) is 19.9 Å². The van der Waals surface area contributed by atoms with Crippen molar-refractivity contribution in [3.05, 3.63) is 76.6 Å². The Morgan fingerprint density at radius 1 is 1.28 bits per heavy atom. The van der Waals surface area contributed by atoms with Crippen LogP contribution in [0.1, 0.15) is 67.9 Å². The first kappa shape index (κ1) is 28.0. The fourth-order valence-corrected chi connectivity index (χ4v) is 4.75. The first-order chi connectivity index (χ1) is 17.4. The molecule has 1 heterocycles. The highest BCUT2D eigenvalue weighted by molar-refractivity contribution is 5.69. The number of rotatable bonds is 13. The molecule has 1 N–H and O–H groups in total. The zero-order chi connectivity index (χ0) is 25.9. The SMILES string of the molecule is CCOC(=O)CCC=Cc1ccccc1[C@@H](C)OC[C@H](O)CN1CCC[C@H]1Cc1ccc(C)c(F)c1. The van der Waals surface area contributed by atoms with E-state index in [0.717, 1.165) is 42.5 Å². The summed E-state index contributed by atoms with van der Waals surface area (Å²) in [5.41, 5.74) is 3.74. The van der Waals surface area contributed by atoms with Crippen LogP contribution in [-0.2, 0) is 20.7 Å². The van der Waals surface area contributed by atoms with E-state index in [2.05, 4.69) is 4.90 Å². The van der Waals surface area contributed by atoms with E-state index in [-0.39, 0.29) is 24.5 Å². The smallest absolute Gasteiger partial charge is 0.306 e. The average Bonchev–Trinajstić information content (AvgIpc) is 3.29. The summed E-state index contributed by atoms with van der Waals surface area (Å²) in [6, 6.07) is 13.8. The molecular formula is C30H40FNO4. The number of allylic oxidation sites excluding steroid dienone is 1. The van der Waals surface area contributed by atoms with Crippen LogP contribution in [0.3, 0.4) is 0 Å². The maximum Gasteiger partial charge on any atom is 0.306 e. The summed E-state index contributed by atoms with van der Waals surface area (Å²) in [6.45, 7) is 7.69. The van der Waals surface area contributed by atoms with Crippen LogP contribution in [0.4, 0.5) is 4.39 Å². The molecule has 196 valence electrons. The van der Waals surface area contributed by atoms with Crippen LogP contribution < -0.4 is 0 Å². The maximum absolute atomic E-state index is 14.0. The van der Waals surface area contributed by atoms with Gasteiger partial charge < -0.3 is 14.6 Å². The number of carbonyl (C=O) groups is 1. The second-order valence-corrected chi connectivity index (χ2v) is 9.58. The molecule has 1 saturated heterocycles. The second-order valence-electron chi connectivity index (χ2n) is 9.58. The number of esters is 1. The van der Waals surface area contributed by atoms with E-state index >= 15 is 0 Å². The van der Waals surface area contributed by atoms with Gasteiger partial charge in [0.25, 0.3) is 0 Å². The van der Waals surface area contributed by atoms with Gasteiger partial charge in [-0.05, 0) is 81.3 Å². The van der Waals surface area contributed by atoms with E-state index in [1.165, 1.54) is 0 Å². The van der Waals surface area contributed by atoms with Crippen LogP contribution in [-0.4, -0.2) is 54.4 Å². The number of carbonyl (C=O) groups excluding carboxylic acids is 1. The van der Waals surface area contributed by atoms with E-state index < -0.39 is 6.10 Å². The summed E-state index contributed by atoms with van der Waals surface area (Å²) < 4.78 is 25.0. The number of hydrogen-bond donors (Lipinski definition) is 1.